The lowest BCUT2D eigenvalue weighted by Gasteiger charge is -2.32. The number of Topliss-reactive ketones (excluding diaryl/α,β-unsaturated/α-hetero) is 1. The molecule has 0 fully saturated rings. The van der Waals surface area contributed by atoms with Crippen molar-refractivity contribution in [2.24, 2.45) is 0 Å². The van der Waals surface area contributed by atoms with Crippen LogP contribution in [0.5, 0.6) is 23.0 Å². The molecule has 0 saturated carbocycles. The minimum atomic E-state index is -1.49. The summed E-state index contributed by atoms with van der Waals surface area (Å²) in [5.74, 6) is -1.49. The molecule has 1 heterocycles. The van der Waals surface area contributed by atoms with E-state index in [1.807, 2.05) is 19.9 Å². The molecule has 142 valence electrons. The lowest BCUT2D eigenvalue weighted by Crippen LogP contribution is -2.36. The van der Waals surface area contributed by atoms with Gasteiger partial charge < -0.3 is 24.8 Å². The average Bonchev–Trinajstić information content (AvgIpc) is 2.65. The number of rotatable bonds is 4. The predicted octanol–water partition coefficient (Wildman–Crippen LogP) is 3.29. The molecule has 0 spiro atoms. The third kappa shape index (κ3) is 3.24. The Balaban J connectivity index is 2.18. The van der Waals surface area contributed by atoms with Crippen LogP contribution in [0, 0.1) is 0 Å². The topological polar surface area (TPSA) is 96.2 Å². The van der Waals surface area contributed by atoms with Crippen molar-refractivity contribution in [1.29, 1.82) is 0 Å². The van der Waals surface area contributed by atoms with E-state index in [0.29, 0.717) is 5.56 Å². The molecular weight excluding hydrogens is 348 g/mol. The number of aliphatic hydroxyl groups excluding tert-OH is 1. The summed E-state index contributed by atoms with van der Waals surface area (Å²) in [5.41, 5.74) is 1.55. The highest BCUT2D eigenvalue weighted by atomic mass is 16.5. The third-order valence-electron chi connectivity index (χ3n) is 4.55. The summed E-state index contributed by atoms with van der Waals surface area (Å²) in [4.78, 5) is 12.8. The van der Waals surface area contributed by atoms with Gasteiger partial charge in [-0.25, -0.2) is 0 Å². The Morgan fingerprint density at radius 2 is 1.85 bits per heavy atom. The van der Waals surface area contributed by atoms with Crippen molar-refractivity contribution in [3.8, 4) is 23.0 Å². The number of allylic oxidation sites excluding steroid dienone is 2. The molecule has 0 amide bonds. The quantitative estimate of drug-likeness (QED) is 0.715. The summed E-state index contributed by atoms with van der Waals surface area (Å²) in [5, 5.41) is 31.7. The fourth-order valence-electron chi connectivity index (χ4n) is 3.13. The Kier molecular flexibility index (Phi) is 5.10. The smallest absolute Gasteiger partial charge is 0.204 e. The van der Waals surface area contributed by atoms with Crippen LogP contribution in [0.15, 0.2) is 42.0 Å². The van der Waals surface area contributed by atoms with Gasteiger partial charge in [0.05, 0.1) is 7.11 Å². The first-order valence-corrected chi connectivity index (χ1v) is 8.58. The third-order valence-corrected chi connectivity index (χ3v) is 4.55. The second-order valence-electron chi connectivity index (χ2n) is 6.66. The number of fused-ring (bicyclic) bond motifs is 1. The molecule has 0 aromatic heterocycles. The Hall–Kier alpha value is -2.99. The molecular formula is C21H22O6. The van der Waals surface area contributed by atoms with E-state index in [2.05, 4.69) is 0 Å². The van der Waals surface area contributed by atoms with E-state index < -0.39 is 23.7 Å². The Morgan fingerprint density at radius 1 is 1.19 bits per heavy atom. The van der Waals surface area contributed by atoms with Gasteiger partial charge in [0.1, 0.15) is 11.3 Å². The molecule has 0 saturated heterocycles. The number of carbonyl (C=O) groups excluding carboxylic acids is 1. The molecule has 0 bridgehead atoms. The standard InChI is InChI=1S/C21H22O6/c1-11(2)9-10-13-15(22)14-17(24)18(25)19(12-7-5-4-6-8-12)27-20(14)21(26-3)16(13)23/h4-9,18-19,22-23,25H,10H2,1-3H3/t18-,19-/m0/s1. The Bertz CT molecular complexity index is 897. The molecule has 1 aliphatic heterocycles. The number of carbonyl (C=O) groups is 1. The van der Waals surface area contributed by atoms with Gasteiger partial charge in [-0.2, -0.15) is 0 Å². The molecule has 3 rings (SSSR count). The highest BCUT2D eigenvalue weighted by molar-refractivity contribution is 6.07. The molecule has 2 aromatic carbocycles. The number of phenols is 2. The van der Waals surface area contributed by atoms with Crippen LogP contribution in [0.3, 0.4) is 0 Å². The molecule has 1 aliphatic rings. The Labute approximate surface area is 157 Å². The molecule has 0 unspecified atom stereocenters. The SMILES string of the molecule is COc1c(O)c(CC=C(C)C)c(O)c2c1O[C@@H](c1ccccc1)[C@@H](O)C2=O. The van der Waals surface area contributed by atoms with Crippen molar-refractivity contribution in [2.75, 3.05) is 7.11 Å². The van der Waals surface area contributed by atoms with Gasteiger partial charge in [-0.1, -0.05) is 42.0 Å². The van der Waals surface area contributed by atoms with Crippen molar-refractivity contribution in [3.05, 3.63) is 58.7 Å². The molecule has 2 atom stereocenters. The van der Waals surface area contributed by atoms with E-state index in [1.54, 1.807) is 30.3 Å². The van der Waals surface area contributed by atoms with Crippen LogP contribution in [-0.4, -0.2) is 34.3 Å². The second-order valence-corrected chi connectivity index (χ2v) is 6.66. The minimum absolute atomic E-state index is 0.0406. The number of hydrogen-bond donors (Lipinski definition) is 3. The molecule has 6 heteroatoms. The minimum Gasteiger partial charge on any atom is -0.507 e. The van der Waals surface area contributed by atoms with E-state index in [-0.39, 0.29) is 34.8 Å². The van der Waals surface area contributed by atoms with Crippen LogP contribution in [0.2, 0.25) is 0 Å². The Morgan fingerprint density at radius 3 is 2.44 bits per heavy atom. The number of phenolic OH excluding ortho intramolecular Hbond substituents is 2. The number of ether oxygens (including phenoxy) is 2. The lowest BCUT2D eigenvalue weighted by molar-refractivity contribution is 0.0197. The van der Waals surface area contributed by atoms with Crippen LogP contribution in [0.25, 0.3) is 0 Å². The zero-order valence-electron chi connectivity index (χ0n) is 15.4. The number of hydrogen-bond acceptors (Lipinski definition) is 6. The van der Waals surface area contributed by atoms with Gasteiger partial charge in [-0.05, 0) is 25.8 Å². The van der Waals surface area contributed by atoms with E-state index >= 15 is 0 Å². The summed E-state index contributed by atoms with van der Waals surface area (Å²) in [7, 11) is 1.34. The molecule has 0 radical (unpaired) electrons. The van der Waals surface area contributed by atoms with Crippen molar-refractivity contribution in [1.82, 2.24) is 0 Å². The largest absolute Gasteiger partial charge is 0.507 e. The van der Waals surface area contributed by atoms with Crippen LogP contribution < -0.4 is 9.47 Å². The van der Waals surface area contributed by atoms with E-state index in [0.717, 1.165) is 5.57 Å². The predicted molar refractivity (Wildman–Crippen MR) is 99.6 cm³/mol. The van der Waals surface area contributed by atoms with Gasteiger partial charge in [0, 0.05) is 5.56 Å². The zero-order chi connectivity index (χ0) is 19.7. The van der Waals surface area contributed by atoms with Crippen LogP contribution >= 0.6 is 0 Å². The maximum absolute atomic E-state index is 12.8. The van der Waals surface area contributed by atoms with Crippen LogP contribution in [0.1, 0.15) is 41.4 Å². The van der Waals surface area contributed by atoms with Gasteiger partial charge in [-0.3, -0.25) is 4.79 Å². The summed E-state index contributed by atoms with van der Waals surface area (Å²) in [6.07, 6.45) is -0.452. The first-order chi connectivity index (χ1) is 12.9. The molecule has 2 aromatic rings. The molecule has 27 heavy (non-hydrogen) atoms. The number of ketones is 1. The highest BCUT2D eigenvalue weighted by Crippen LogP contribution is 2.52. The van der Waals surface area contributed by atoms with Crippen LogP contribution in [0.4, 0.5) is 0 Å². The van der Waals surface area contributed by atoms with Crippen molar-refractivity contribution < 1.29 is 29.6 Å². The van der Waals surface area contributed by atoms with Gasteiger partial charge in [0.2, 0.25) is 11.5 Å². The molecule has 6 nitrogen and oxygen atoms in total. The van der Waals surface area contributed by atoms with Gasteiger partial charge in [0.15, 0.2) is 23.7 Å². The summed E-state index contributed by atoms with van der Waals surface area (Å²) >= 11 is 0. The summed E-state index contributed by atoms with van der Waals surface area (Å²) < 4.78 is 11.1. The van der Waals surface area contributed by atoms with Crippen molar-refractivity contribution in [3.63, 3.8) is 0 Å². The number of aliphatic hydroxyl groups is 1. The van der Waals surface area contributed by atoms with E-state index in [1.165, 1.54) is 7.11 Å². The van der Waals surface area contributed by atoms with E-state index in [9.17, 15) is 20.1 Å². The monoisotopic (exact) mass is 370 g/mol. The first kappa shape index (κ1) is 18.8. The number of methoxy groups -OCH3 is 1. The van der Waals surface area contributed by atoms with E-state index in [4.69, 9.17) is 9.47 Å². The number of aromatic hydroxyl groups is 2. The van der Waals surface area contributed by atoms with Gasteiger partial charge in [0.25, 0.3) is 0 Å². The normalized spacial score (nSPS) is 18.4. The first-order valence-electron chi connectivity index (χ1n) is 8.58. The fraction of sp³-hybridized carbons (Fsp3) is 0.286. The molecule has 0 aliphatic carbocycles. The van der Waals surface area contributed by atoms with Crippen LogP contribution in [-0.2, 0) is 6.42 Å². The number of benzene rings is 2. The zero-order valence-corrected chi connectivity index (χ0v) is 15.4. The summed E-state index contributed by atoms with van der Waals surface area (Å²) in [6.45, 7) is 3.76. The fourth-order valence-corrected chi connectivity index (χ4v) is 3.13. The highest BCUT2D eigenvalue weighted by Gasteiger charge is 2.42. The average molecular weight is 370 g/mol. The maximum atomic E-state index is 12.8. The van der Waals surface area contributed by atoms with Gasteiger partial charge >= 0.3 is 0 Å². The lowest BCUT2D eigenvalue weighted by atomic mass is 9.90. The van der Waals surface area contributed by atoms with Crippen molar-refractivity contribution >= 4 is 5.78 Å². The van der Waals surface area contributed by atoms with Crippen molar-refractivity contribution in [2.45, 2.75) is 32.5 Å². The molecule has 3 N–H and O–H groups in total. The van der Waals surface area contributed by atoms with Gasteiger partial charge in [-0.15, -0.1) is 0 Å². The second kappa shape index (κ2) is 7.32. The summed E-state index contributed by atoms with van der Waals surface area (Å²) in [6, 6.07) is 8.78. The maximum Gasteiger partial charge on any atom is 0.204 e.